The number of anilines is 1. The van der Waals surface area contributed by atoms with Crippen LogP contribution in [0.1, 0.15) is 26.4 Å². The van der Waals surface area contributed by atoms with E-state index in [-0.39, 0.29) is 11.3 Å². The number of aromatic nitrogens is 1. The van der Waals surface area contributed by atoms with E-state index in [2.05, 4.69) is 17.4 Å². The number of fused-ring (bicyclic) bond motifs is 1. The number of para-hydroxylation sites is 1. The molecule has 0 aliphatic rings. The number of hydrogen-bond acceptors (Lipinski definition) is 4. The fraction of sp³-hybridized carbons (Fsp3) is 0.0714. The normalized spacial score (nSPS) is 11.0. The number of aryl methyl sites for hydroxylation is 2. The Hall–Kier alpha value is -3.87. The molecule has 0 atom stereocenters. The van der Waals surface area contributed by atoms with Gasteiger partial charge in [-0.05, 0) is 59.7 Å². The van der Waals surface area contributed by atoms with Crippen molar-refractivity contribution in [3.63, 3.8) is 0 Å². The lowest BCUT2D eigenvalue weighted by molar-refractivity contribution is 0.104. The van der Waals surface area contributed by atoms with E-state index in [0.717, 1.165) is 23.0 Å². The third-order valence-electron chi connectivity index (χ3n) is 5.86. The molecule has 0 saturated heterocycles. The third-order valence-corrected chi connectivity index (χ3v) is 6.97. The summed E-state index contributed by atoms with van der Waals surface area (Å²) in [5.74, 6) is -0.778. The van der Waals surface area contributed by atoms with E-state index in [1.54, 1.807) is 35.7 Å². The highest BCUT2D eigenvalue weighted by Crippen LogP contribution is 2.36. The summed E-state index contributed by atoms with van der Waals surface area (Å²) in [4.78, 5) is 27.1. The van der Waals surface area contributed by atoms with Gasteiger partial charge in [-0.25, -0.2) is 9.36 Å². The first-order valence-electron chi connectivity index (χ1n) is 11.1. The van der Waals surface area contributed by atoms with Crippen LogP contribution in [0, 0.1) is 0 Å². The van der Waals surface area contributed by atoms with Gasteiger partial charge in [0.2, 0.25) is 11.7 Å². The van der Waals surface area contributed by atoms with E-state index in [1.165, 1.54) is 16.9 Å². The van der Waals surface area contributed by atoms with Crippen LogP contribution >= 0.6 is 22.9 Å². The highest BCUT2D eigenvalue weighted by atomic mass is 35.5. The maximum atomic E-state index is 13.4. The van der Waals surface area contributed by atoms with E-state index in [9.17, 15) is 14.7 Å². The second-order valence-corrected chi connectivity index (χ2v) is 9.46. The quantitative estimate of drug-likeness (QED) is 0.243. The van der Waals surface area contributed by atoms with Crippen LogP contribution in [-0.2, 0) is 12.8 Å². The lowest BCUT2D eigenvalue weighted by atomic mass is 10.0. The second-order valence-electron chi connectivity index (χ2n) is 8.07. The average molecular weight is 501 g/mol. The molecule has 2 N–H and O–H groups in total. The molecular formula is C28H21ClN2O3S. The molecule has 3 aromatic carbocycles. The fourth-order valence-corrected chi connectivity index (χ4v) is 5.01. The van der Waals surface area contributed by atoms with Crippen molar-refractivity contribution in [2.45, 2.75) is 12.8 Å². The zero-order valence-electron chi connectivity index (χ0n) is 18.6. The minimum absolute atomic E-state index is 0.0532. The molecule has 0 bridgehead atoms. The van der Waals surface area contributed by atoms with Gasteiger partial charge in [0.05, 0.1) is 16.0 Å². The van der Waals surface area contributed by atoms with Crippen molar-refractivity contribution in [2.75, 3.05) is 5.32 Å². The summed E-state index contributed by atoms with van der Waals surface area (Å²) in [5.41, 5.74) is 3.27. The molecule has 2 heterocycles. The largest absolute Gasteiger partial charge is 0.494 e. The Morgan fingerprint density at radius 2 is 1.69 bits per heavy atom. The van der Waals surface area contributed by atoms with Gasteiger partial charge in [0, 0.05) is 16.1 Å². The van der Waals surface area contributed by atoms with Crippen molar-refractivity contribution in [3.8, 4) is 5.88 Å². The van der Waals surface area contributed by atoms with Crippen molar-refractivity contribution in [1.29, 1.82) is 0 Å². The number of benzene rings is 3. The SMILES string of the molecule is O=C(c1cccs1)c1c(O)n(C(=O)Nc2ccccc2CCc2ccccc2)c2ccc(Cl)cc12. The van der Waals surface area contributed by atoms with Crippen LogP contribution in [0.25, 0.3) is 10.9 Å². The molecule has 0 spiro atoms. The standard InChI is InChI=1S/C28H21ClN2O3S/c29-20-14-15-23-21(17-20)25(26(32)24-11-6-16-35-24)27(33)31(23)28(34)30-22-10-5-4-9-19(22)13-12-18-7-2-1-3-8-18/h1-11,14-17,33H,12-13H2,(H,30,34). The smallest absolute Gasteiger partial charge is 0.333 e. The van der Waals surface area contributed by atoms with Crippen LogP contribution in [0.4, 0.5) is 10.5 Å². The number of rotatable bonds is 6. The summed E-state index contributed by atoms with van der Waals surface area (Å²) in [6.45, 7) is 0. The van der Waals surface area contributed by atoms with Crippen molar-refractivity contribution in [2.24, 2.45) is 0 Å². The number of hydrogen-bond donors (Lipinski definition) is 2. The molecule has 35 heavy (non-hydrogen) atoms. The highest BCUT2D eigenvalue weighted by Gasteiger charge is 2.27. The molecule has 0 aliphatic carbocycles. The van der Waals surface area contributed by atoms with Gasteiger partial charge in [-0.2, -0.15) is 0 Å². The van der Waals surface area contributed by atoms with Crippen LogP contribution < -0.4 is 5.32 Å². The Morgan fingerprint density at radius 3 is 2.46 bits per heavy atom. The molecule has 2 aromatic heterocycles. The molecule has 5 nitrogen and oxygen atoms in total. The van der Waals surface area contributed by atoms with E-state index >= 15 is 0 Å². The summed E-state index contributed by atoms with van der Waals surface area (Å²) >= 11 is 7.47. The van der Waals surface area contributed by atoms with Crippen molar-refractivity contribution in [1.82, 2.24) is 4.57 Å². The number of carbonyl (C=O) groups excluding carboxylic acids is 2. The minimum Gasteiger partial charge on any atom is -0.494 e. The van der Waals surface area contributed by atoms with Gasteiger partial charge in [0.15, 0.2) is 0 Å². The molecule has 5 aromatic rings. The average Bonchev–Trinajstić information content (AvgIpc) is 3.50. The maximum absolute atomic E-state index is 13.4. The molecule has 5 rings (SSSR count). The number of nitrogens with zero attached hydrogens (tertiary/aromatic N) is 1. The Labute approximate surface area is 211 Å². The van der Waals surface area contributed by atoms with Gasteiger partial charge in [0.1, 0.15) is 0 Å². The molecule has 1 amide bonds. The van der Waals surface area contributed by atoms with E-state index < -0.39 is 11.9 Å². The van der Waals surface area contributed by atoms with Gasteiger partial charge in [-0.1, -0.05) is 66.2 Å². The number of ketones is 1. The molecule has 0 unspecified atom stereocenters. The molecule has 7 heteroatoms. The summed E-state index contributed by atoms with van der Waals surface area (Å²) in [7, 11) is 0. The number of carbonyl (C=O) groups is 2. The Bertz CT molecular complexity index is 1530. The molecule has 0 fully saturated rings. The molecule has 0 saturated carbocycles. The van der Waals surface area contributed by atoms with Gasteiger partial charge >= 0.3 is 6.03 Å². The fourth-order valence-electron chi connectivity index (χ4n) is 4.17. The van der Waals surface area contributed by atoms with E-state index in [0.29, 0.717) is 26.5 Å². The summed E-state index contributed by atoms with van der Waals surface area (Å²) in [6, 6.07) is 25.4. The molecule has 0 aliphatic heterocycles. The Morgan fingerprint density at radius 1 is 0.914 bits per heavy atom. The van der Waals surface area contributed by atoms with Crippen molar-refractivity contribution in [3.05, 3.63) is 117 Å². The molecular weight excluding hydrogens is 480 g/mol. The first kappa shape index (κ1) is 22.9. The monoisotopic (exact) mass is 500 g/mol. The number of aromatic hydroxyl groups is 1. The Kier molecular flexibility index (Phi) is 6.40. The Balaban J connectivity index is 1.50. The van der Waals surface area contributed by atoms with E-state index in [4.69, 9.17) is 11.6 Å². The van der Waals surface area contributed by atoms with Crippen LogP contribution in [-0.4, -0.2) is 21.5 Å². The molecule has 174 valence electrons. The van der Waals surface area contributed by atoms with Crippen LogP contribution in [0.2, 0.25) is 5.02 Å². The first-order chi connectivity index (χ1) is 17.0. The summed E-state index contributed by atoms with van der Waals surface area (Å²) in [5, 5.41) is 16.6. The zero-order chi connectivity index (χ0) is 24.4. The van der Waals surface area contributed by atoms with Gasteiger partial charge in [-0.3, -0.25) is 4.79 Å². The third kappa shape index (κ3) is 4.58. The topological polar surface area (TPSA) is 71.3 Å². The lowest BCUT2D eigenvalue weighted by Gasteiger charge is -2.13. The first-order valence-corrected chi connectivity index (χ1v) is 12.3. The molecule has 0 radical (unpaired) electrons. The van der Waals surface area contributed by atoms with Crippen molar-refractivity contribution >= 4 is 51.3 Å². The number of nitrogens with one attached hydrogen (secondary N) is 1. The number of amides is 1. The van der Waals surface area contributed by atoms with Gasteiger partial charge in [-0.15, -0.1) is 11.3 Å². The van der Waals surface area contributed by atoms with Gasteiger partial charge in [0.25, 0.3) is 0 Å². The van der Waals surface area contributed by atoms with E-state index in [1.807, 2.05) is 42.5 Å². The maximum Gasteiger partial charge on any atom is 0.333 e. The van der Waals surface area contributed by atoms with Crippen LogP contribution in [0.5, 0.6) is 5.88 Å². The predicted octanol–water partition coefficient (Wildman–Crippen LogP) is 7.16. The highest BCUT2D eigenvalue weighted by molar-refractivity contribution is 7.12. The second kappa shape index (κ2) is 9.78. The number of thiophene rings is 1. The summed E-state index contributed by atoms with van der Waals surface area (Å²) < 4.78 is 1.13. The lowest BCUT2D eigenvalue weighted by Crippen LogP contribution is -2.20. The summed E-state index contributed by atoms with van der Waals surface area (Å²) in [6.07, 6.45) is 1.56. The van der Waals surface area contributed by atoms with Crippen molar-refractivity contribution < 1.29 is 14.7 Å². The van der Waals surface area contributed by atoms with Crippen LogP contribution in [0.3, 0.4) is 0 Å². The van der Waals surface area contributed by atoms with Gasteiger partial charge < -0.3 is 10.4 Å². The minimum atomic E-state index is -0.563. The van der Waals surface area contributed by atoms with Crippen LogP contribution in [0.15, 0.2) is 90.3 Å². The zero-order valence-corrected chi connectivity index (χ0v) is 20.1. The predicted molar refractivity (Wildman–Crippen MR) is 141 cm³/mol. The number of halogens is 1.